The van der Waals surface area contributed by atoms with Crippen molar-refractivity contribution in [2.45, 2.75) is 31.3 Å². The van der Waals surface area contributed by atoms with Crippen molar-refractivity contribution < 1.29 is 44.3 Å². The van der Waals surface area contributed by atoms with Crippen LogP contribution in [0.1, 0.15) is 73.4 Å². The maximum atomic E-state index is 13.1. The van der Waals surface area contributed by atoms with E-state index in [4.69, 9.17) is 4.74 Å². The number of aliphatic hydroxyl groups is 1. The summed E-state index contributed by atoms with van der Waals surface area (Å²) in [6.45, 7) is 1.53. The lowest BCUT2D eigenvalue weighted by Gasteiger charge is -2.39. The van der Waals surface area contributed by atoms with Gasteiger partial charge in [-0.25, -0.2) is 0 Å². The number of ether oxygens (including phenoxy) is 1. The summed E-state index contributed by atoms with van der Waals surface area (Å²) in [6.07, 6.45) is -0.648. The number of ketones is 3. The number of hydrogen-bond donors (Lipinski definition) is 4. The standard InChI is InChI=1S/C22H18O9/c1-3-22(30)7-10(24)12-13(16(22)21(29)31-2)20(28)14-15(19(12)27)18(26)11-8(17(14)25)5-4-6-9(11)23/h4-6,16,23,27-28,30H,3,7H2,1-2H3/t16-,22+/m0/s1. The second-order valence-corrected chi connectivity index (χ2v) is 7.61. The summed E-state index contributed by atoms with van der Waals surface area (Å²) in [4.78, 5) is 51.6. The largest absolute Gasteiger partial charge is 0.507 e. The summed E-state index contributed by atoms with van der Waals surface area (Å²) < 4.78 is 4.75. The van der Waals surface area contributed by atoms with Crippen molar-refractivity contribution in [3.05, 3.63) is 51.6 Å². The minimum absolute atomic E-state index is 0.0706. The molecule has 2 atom stereocenters. The fourth-order valence-electron chi connectivity index (χ4n) is 4.50. The van der Waals surface area contributed by atoms with Gasteiger partial charge in [-0.2, -0.15) is 0 Å². The summed E-state index contributed by atoms with van der Waals surface area (Å²) in [5.74, 6) is -7.51. The van der Waals surface area contributed by atoms with Crippen molar-refractivity contribution in [3.63, 3.8) is 0 Å². The summed E-state index contributed by atoms with van der Waals surface area (Å²) in [5, 5.41) is 43.0. The van der Waals surface area contributed by atoms with Crippen molar-refractivity contribution in [1.29, 1.82) is 0 Å². The van der Waals surface area contributed by atoms with Crippen molar-refractivity contribution >= 4 is 23.3 Å². The Hall–Kier alpha value is -3.72. The highest BCUT2D eigenvalue weighted by Crippen LogP contribution is 2.53. The van der Waals surface area contributed by atoms with Crippen molar-refractivity contribution in [2.24, 2.45) is 0 Å². The summed E-state index contributed by atoms with van der Waals surface area (Å²) >= 11 is 0. The maximum Gasteiger partial charge on any atom is 0.316 e. The van der Waals surface area contributed by atoms with Gasteiger partial charge in [0, 0.05) is 17.5 Å². The Bertz CT molecular complexity index is 1210. The molecule has 0 aliphatic heterocycles. The Labute approximate surface area is 175 Å². The van der Waals surface area contributed by atoms with E-state index in [1.54, 1.807) is 0 Å². The maximum absolute atomic E-state index is 13.1. The Kier molecular flexibility index (Phi) is 4.40. The van der Waals surface area contributed by atoms with Crippen LogP contribution in [0.3, 0.4) is 0 Å². The number of hydrogen-bond acceptors (Lipinski definition) is 9. The number of Topliss-reactive ketones (excluding diaryl/α,β-unsaturated/α-hetero) is 1. The number of carbonyl (C=O) groups is 4. The van der Waals surface area contributed by atoms with Crippen LogP contribution in [0.5, 0.6) is 17.2 Å². The lowest BCUT2D eigenvalue weighted by Crippen LogP contribution is -2.46. The molecule has 4 rings (SSSR count). The fourth-order valence-corrected chi connectivity index (χ4v) is 4.50. The first-order valence-corrected chi connectivity index (χ1v) is 9.45. The molecule has 2 aromatic rings. The van der Waals surface area contributed by atoms with Gasteiger partial charge >= 0.3 is 5.97 Å². The molecule has 2 aliphatic carbocycles. The summed E-state index contributed by atoms with van der Waals surface area (Å²) in [7, 11) is 1.05. The van der Waals surface area contributed by atoms with Crippen molar-refractivity contribution in [3.8, 4) is 17.2 Å². The Morgan fingerprint density at radius 1 is 1.03 bits per heavy atom. The van der Waals surface area contributed by atoms with E-state index in [9.17, 15) is 39.6 Å². The first-order valence-electron chi connectivity index (χ1n) is 9.45. The van der Waals surface area contributed by atoms with Crippen LogP contribution in [0.15, 0.2) is 18.2 Å². The van der Waals surface area contributed by atoms with E-state index in [0.717, 1.165) is 7.11 Å². The lowest BCUT2D eigenvalue weighted by atomic mass is 9.67. The van der Waals surface area contributed by atoms with Crippen molar-refractivity contribution in [1.82, 2.24) is 0 Å². The van der Waals surface area contributed by atoms with Crippen LogP contribution in [-0.2, 0) is 9.53 Å². The molecule has 0 amide bonds. The molecule has 0 heterocycles. The molecule has 0 saturated carbocycles. The molecule has 9 heteroatoms. The van der Waals surface area contributed by atoms with E-state index in [0.29, 0.717) is 0 Å². The van der Waals surface area contributed by atoms with Gasteiger partial charge in [0.25, 0.3) is 0 Å². The molecule has 0 unspecified atom stereocenters. The second kappa shape index (κ2) is 6.64. The average molecular weight is 426 g/mol. The molecule has 0 bridgehead atoms. The average Bonchev–Trinajstić information content (AvgIpc) is 2.73. The number of esters is 1. The smallest absolute Gasteiger partial charge is 0.316 e. The van der Waals surface area contributed by atoms with Gasteiger partial charge in [-0.3, -0.25) is 19.2 Å². The Morgan fingerprint density at radius 2 is 1.68 bits per heavy atom. The van der Waals surface area contributed by atoms with Crippen LogP contribution in [0.25, 0.3) is 0 Å². The van der Waals surface area contributed by atoms with E-state index >= 15 is 0 Å². The van der Waals surface area contributed by atoms with E-state index in [1.165, 1.54) is 25.1 Å². The van der Waals surface area contributed by atoms with Crippen LogP contribution >= 0.6 is 0 Å². The highest BCUT2D eigenvalue weighted by atomic mass is 16.5. The van der Waals surface area contributed by atoms with Crippen LogP contribution in [0.2, 0.25) is 0 Å². The van der Waals surface area contributed by atoms with Crippen LogP contribution < -0.4 is 0 Å². The minimum atomic E-state index is -1.94. The third-order valence-electron chi connectivity index (χ3n) is 6.07. The topological polar surface area (TPSA) is 158 Å². The molecule has 0 aromatic heterocycles. The van der Waals surface area contributed by atoms with Gasteiger partial charge < -0.3 is 25.2 Å². The zero-order valence-electron chi connectivity index (χ0n) is 16.6. The molecular formula is C22H18O9. The van der Waals surface area contributed by atoms with E-state index in [2.05, 4.69) is 0 Å². The van der Waals surface area contributed by atoms with Gasteiger partial charge in [-0.05, 0) is 12.5 Å². The number of phenolic OH excluding ortho intramolecular Hbond substituents is 3. The molecule has 0 fully saturated rings. The Morgan fingerprint density at radius 3 is 2.29 bits per heavy atom. The quantitative estimate of drug-likeness (QED) is 0.352. The normalized spacial score (nSPS) is 21.9. The number of carbonyl (C=O) groups excluding carboxylic acids is 4. The number of benzene rings is 2. The second-order valence-electron chi connectivity index (χ2n) is 7.61. The van der Waals surface area contributed by atoms with Gasteiger partial charge in [-0.15, -0.1) is 0 Å². The number of aromatic hydroxyl groups is 3. The highest BCUT2D eigenvalue weighted by molar-refractivity contribution is 6.32. The SMILES string of the molecule is CC[C@@]1(O)CC(=O)c2c(O)c3c(c(O)c2[C@H]1C(=O)OC)C(=O)c1cccc(O)c1C3=O. The van der Waals surface area contributed by atoms with Crippen LogP contribution in [-0.4, -0.2) is 56.5 Å². The summed E-state index contributed by atoms with van der Waals surface area (Å²) in [6, 6.07) is 3.78. The first-order chi connectivity index (χ1) is 14.6. The van der Waals surface area contributed by atoms with Crippen LogP contribution in [0.4, 0.5) is 0 Å². The Balaban J connectivity index is 2.13. The van der Waals surface area contributed by atoms with E-state index in [-0.39, 0.29) is 17.5 Å². The number of fused-ring (bicyclic) bond motifs is 3. The molecule has 2 aliphatic rings. The minimum Gasteiger partial charge on any atom is -0.507 e. The molecule has 0 spiro atoms. The highest BCUT2D eigenvalue weighted by Gasteiger charge is 2.53. The zero-order valence-corrected chi connectivity index (χ0v) is 16.6. The summed E-state index contributed by atoms with van der Waals surface area (Å²) in [5.41, 5.74) is -4.77. The molecule has 0 radical (unpaired) electrons. The molecular weight excluding hydrogens is 408 g/mol. The van der Waals surface area contributed by atoms with Gasteiger partial charge in [0.2, 0.25) is 5.78 Å². The number of rotatable bonds is 2. The van der Waals surface area contributed by atoms with Crippen molar-refractivity contribution in [2.75, 3.05) is 7.11 Å². The number of phenols is 3. The fraction of sp³-hybridized carbons (Fsp3) is 0.273. The van der Waals surface area contributed by atoms with Gasteiger partial charge in [0.05, 0.1) is 35.0 Å². The predicted octanol–water partition coefficient (Wildman–Crippen LogP) is 1.56. The molecule has 31 heavy (non-hydrogen) atoms. The van der Waals surface area contributed by atoms with Crippen LogP contribution in [0, 0.1) is 0 Å². The zero-order chi connectivity index (χ0) is 22.8. The monoisotopic (exact) mass is 426 g/mol. The third-order valence-corrected chi connectivity index (χ3v) is 6.07. The first kappa shape index (κ1) is 20.5. The van der Waals surface area contributed by atoms with Gasteiger partial charge in [0.1, 0.15) is 23.2 Å². The number of methoxy groups -OCH3 is 1. The molecule has 160 valence electrons. The molecule has 2 aromatic carbocycles. The van der Waals surface area contributed by atoms with Gasteiger partial charge in [-0.1, -0.05) is 19.1 Å². The predicted molar refractivity (Wildman–Crippen MR) is 104 cm³/mol. The van der Waals surface area contributed by atoms with E-state index < -0.39 is 80.8 Å². The van der Waals surface area contributed by atoms with E-state index in [1.807, 2.05) is 0 Å². The molecule has 9 nitrogen and oxygen atoms in total. The molecule has 0 saturated heterocycles. The molecule has 4 N–H and O–H groups in total. The van der Waals surface area contributed by atoms with Gasteiger partial charge in [0.15, 0.2) is 11.6 Å². The third kappa shape index (κ3) is 2.53. The lowest BCUT2D eigenvalue weighted by molar-refractivity contribution is -0.150.